The summed E-state index contributed by atoms with van der Waals surface area (Å²) in [5.74, 6) is -6.28. The number of allylic oxidation sites excluding steroid dienone is 2. The van der Waals surface area contributed by atoms with Gasteiger partial charge in [-0.3, -0.25) is 0 Å². The molecule has 0 amide bonds. The third-order valence-corrected chi connectivity index (χ3v) is 2.38. The smallest absolute Gasteiger partial charge is 0.194 e. The zero-order valence-electron chi connectivity index (χ0n) is 8.43. The second kappa shape index (κ2) is 4.32. The molecule has 0 aliphatic heterocycles. The summed E-state index contributed by atoms with van der Waals surface area (Å²) < 4.78 is 52.6. The van der Waals surface area contributed by atoms with E-state index in [2.05, 4.69) is 10.6 Å². The molecule has 2 nitrogen and oxygen atoms in total. The molecule has 0 radical (unpaired) electrons. The van der Waals surface area contributed by atoms with Crippen molar-refractivity contribution < 1.29 is 17.6 Å². The molecule has 0 saturated heterocycles. The van der Waals surface area contributed by atoms with Crippen molar-refractivity contribution in [2.24, 2.45) is 5.41 Å². The van der Waals surface area contributed by atoms with Crippen molar-refractivity contribution in [3.05, 3.63) is 23.3 Å². The van der Waals surface area contributed by atoms with Crippen LogP contribution in [0.15, 0.2) is 23.3 Å². The summed E-state index contributed by atoms with van der Waals surface area (Å²) in [6.07, 6.45) is 0. The molecule has 1 aliphatic carbocycles. The molecule has 1 rings (SSSR count). The molecule has 15 heavy (non-hydrogen) atoms. The summed E-state index contributed by atoms with van der Waals surface area (Å²) in [6.45, 7) is -0.432. The average molecular weight is 224 g/mol. The van der Waals surface area contributed by atoms with E-state index in [1.165, 1.54) is 14.1 Å². The molecular formula is C9H12F4N2. The third-order valence-electron chi connectivity index (χ3n) is 2.38. The fraction of sp³-hybridized carbons (Fsp3) is 0.556. The van der Waals surface area contributed by atoms with Gasteiger partial charge in [0.2, 0.25) is 0 Å². The van der Waals surface area contributed by atoms with E-state index in [9.17, 15) is 17.6 Å². The van der Waals surface area contributed by atoms with E-state index in [1.54, 1.807) is 0 Å². The predicted molar refractivity (Wildman–Crippen MR) is 48.8 cm³/mol. The van der Waals surface area contributed by atoms with Crippen LogP contribution in [-0.2, 0) is 0 Å². The Balaban J connectivity index is 3.19. The Morgan fingerprint density at radius 2 is 1.20 bits per heavy atom. The number of halogens is 4. The molecule has 0 unspecified atom stereocenters. The largest absolute Gasteiger partial charge is 0.318 e. The fourth-order valence-electron chi connectivity index (χ4n) is 1.69. The zero-order chi connectivity index (χ0) is 11.6. The average Bonchev–Trinajstić information content (AvgIpc) is 2.36. The van der Waals surface area contributed by atoms with Gasteiger partial charge in [0.1, 0.15) is 5.41 Å². The van der Waals surface area contributed by atoms with Gasteiger partial charge < -0.3 is 10.6 Å². The zero-order valence-corrected chi connectivity index (χ0v) is 8.43. The summed E-state index contributed by atoms with van der Waals surface area (Å²) in [5, 5.41) is 5.03. The van der Waals surface area contributed by atoms with Crippen molar-refractivity contribution in [2.75, 3.05) is 27.2 Å². The first-order valence-corrected chi connectivity index (χ1v) is 4.42. The van der Waals surface area contributed by atoms with Crippen molar-refractivity contribution in [2.45, 2.75) is 0 Å². The van der Waals surface area contributed by atoms with Gasteiger partial charge in [0.25, 0.3) is 0 Å². The fourth-order valence-corrected chi connectivity index (χ4v) is 1.69. The highest BCUT2D eigenvalue weighted by atomic mass is 19.2. The SMILES string of the molecule is CNCC1(CNC)C(F)=C(F)C(F)=C1F. The molecule has 0 bridgehead atoms. The van der Waals surface area contributed by atoms with Crippen LogP contribution < -0.4 is 10.6 Å². The maximum absolute atomic E-state index is 13.4. The van der Waals surface area contributed by atoms with Gasteiger partial charge in [-0.25, -0.2) is 17.6 Å². The highest BCUT2D eigenvalue weighted by Crippen LogP contribution is 2.48. The monoisotopic (exact) mass is 224 g/mol. The molecule has 0 saturated carbocycles. The number of nitrogens with one attached hydrogen (secondary N) is 2. The second-order valence-corrected chi connectivity index (χ2v) is 3.40. The summed E-state index contributed by atoms with van der Waals surface area (Å²) in [6, 6.07) is 0. The first-order valence-electron chi connectivity index (χ1n) is 4.42. The number of hydrogen-bond acceptors (Lipinski definition) is 2. The molecule has 1 aliphatic rings. The Bertz CT molecular complexity index is 290. The molecule has 86 valence electrons. The molecule has 0 fully saturated rings. The van der Waals surface area contributed by atoms with Crippen molar-refractivity contribution in [3.8, 4) is 0 Å². The summed E-state index contributed by atoms with van der Waals surface area (Å²) >= 11 is 0. The topological polar surface area (TPSA) is 24.1 Å². The molecule has 0 aromatic rings. The molecule has 0 aromatic heterocycles. The molecule has 2 N–H and O–H groups in total. The van der Waals surface area contributed by atoms with Gasteiger partial charge in [0, 0.05) is 13.1 Å². The minimum absolute atomic E-state index is 0.216. The van der Waals surface area contributed by atoms with Crippen LogP contribution in [0.2, 0.25) is 0 Å². The Morgan fingerprint density at radius 1 is 0.867 bits per heavy atom. The highest BCUT2D eigenvalue weighted by Gasteiger charge is 2.49. The van der Waals surface area contributed by atoms with Crippen LogP contribution in [0.4, 0.5) is 17.6 Å². The van der Waals surface area contributed by atoms with Gasteiger partial charge in [-0.2, -0.15) is 0 Å². The quantitative estimate of drug-likeness (QED) is 0.710. The van der Waals surface area contributed by atoms with Gasteiger partial charge in [-0.1, -0.05) is 0 Å². The summed E-state index contributed by atoms with van der Waals surface area (Å²) in [4.78, 5) is 0. The van der Waals surface area contributed by atoms with Crippen LogP contribution >= 0.6 is 0 Å². The first kappa shape index (κ1) is 12.2. The summed E-state index contributed by atoms with van der Waals surface area (Å²) in [5.41, 5.74) is -1.89. The maximum Gasteiger partial charge on any atom is 0.194 e. The lowest BCUT2D eigenvalue weighted by molar-refractivity contribution is 0.272. The van der Waals surface area contributed by atoms with E-state index >= 15 is 0 Å². The molecule has 0 heterocycles. The second-order valence-electron chi connectivity index (χ2n) is 3.40. The number of hydrogen-bond donors (Lipinski definition) is 2. The van der Waals surface area contributed by atoms with E-state index in [1.807, 2.05) is 0 Å². The van der Waals surface area contributed by atoms with Crippen molar-refractivity contribution in [1.82, 2.24) is 10.6 Å². The van der Waals surface area contributed by atoms with E-state index in [-0.39, 0.29) is 13.1 Å². The van der Waals surface area contributed by atoms with Crippen LogP contribution in [0, 0.1) is 5.41 Å². The van der Waals surface area contributed by atoms with Gasteiger partial charge in [-0.05, 0) is 14.1 Å². The summed E-state index contributed by atoms with van der Waals surface area (Å²) in [7, 11) is 2.90. The molecule has 0 spiro atoms. The van der Waals surface area contributed by atoms with Gasteiger partial charge in [0.05, 0.1) is 0 Å². The van der Waals surface area contributed by atoms with Gasteiger partial charge in [-0.15, -0.1) is 0 Å². The van der Waals surface area contributed by atoms with Crippen LogP contribution in [0.5, 0.6) is 0 Å². The Labute approximate surface area is 85.0 Å². The minimum Gasteiger partial charge on any atom is -0.318 e. The lowest BCUT2D eigenvalue weighted by Gasteiger charge is -2.26. The van der Waals surface area contributed by atoms with Crippen LogP contribution in [0.25, 0.3) is 0 Å². The lowest BCUT2D eigenvalue weighted by atomic mass is 9.87. The predicted octanol–water partition coefficient (Wildman–Crippen LogP) is 1.73. The van der Waals surface area contributed by atoms with Crippen molar-refractivity contribution in [3.63, 3.8) is 0 Å². The van der Waals surface area contributed by atoms with Gasteiger partial charge >= 0.3 is 0 Å². The molecule has 6 heteroatoms. The van der Waals surface area contributed by atoms with Crippen molar-refractivity contribution >= 4 is 0 Å². The van der Waals surface area contributed by atoms with E-state index < -0.39 is 28.7 Å². The Morgan fingerprint density at radius 3 is 1.47 bits per heavy atom. The molecular weight excluding hydrogens is 212 g/mol. The first-order chi connectivity index (χ1) is 7.01. The number of rotatable bonds is 4. The van der Waals surface area contributed by atoms with Gasteiger partial charge in [0.15, 0.2) is 23.3 Å². The van der Waals surface area contributed by atoms with Crippen LogP contribution in [-0.4, -0.2) is 27.2 Å². The Hall–Kier alpha value is -0.880. The highest BCUT2D eigenvalue weighted by molar-refractivity contribution is 5.43. The maximum atomic E-state index is 13.4. The van der Waals surface area contributed by atoms with E-state index in [4.69, 9.17) is 0 Å². The lowest BCUT2D eigenvalue weighted by Crippen LogP contribution is -2.40. The molecule has 0 atom stereocenters. The van der Waals surface area contributed by atoms with Crippen LogP contribution in [0.1, 0.15) is 0 Å². The normalized spacial score (nSPS) is 20.4. The van der Waals surface area contributed by atoms with Crippen LogP contribution in [0.3, 0.4) is 0 Å². The molecule has 0 aromatic carbocycles. The van der Waals surface area contributed by atoms with E-state index in [0.29, 0.717) is 0 Å². The third kappa shape index (κ3) is 1.68. The van der Waals surface area contributed by atoms with E-state index in [0.717, 1.165) is 0 Å². The van der Waals surface area contributed by atoms with Crippen molar-refractivity contribution in [1.29, 1.82) is 0 Å². The Kier molecular flexibility index (Phi) is 3.51. The minimum atomic E-state index is -1.89. The standard InChI is InChI=1S/C9H12F4N2/c1-14-3-9(4-15-2)7(12)5(10)6(11)8(9)13/h14-15H,3-4H2,1-2H3.